The second kappa shape index (κ2) is 8.59. The number of nitrogens with one attached hydrogen (secondary N) is 3. The van der Waals surface area contributed by atoms with E-state index in [1.165, 1.54) is 12.1 Å². The lowest BCUT2D eigenvalue weighted by molar-refractivity contribution is -0.124. The molecular formula is C16H26ClFN4O. The molecule has 23 heavy (non-hydrogen) atoms. The molecule has 0 radical (unpaired) electrons. The quantitative estimate of drug-likeness (QED) is 0.634. The van der Waals surface area contributed by atoms with Crippen LogP contribution in [0.3, 0.4) is 0 Å². The highest BCUT2D eigenvalue weighted by molar-refractivity contribution is 5.85. The van der Waals surface area contributed by atoms with Crippen molar-refractivity contribution in [1.29, 1.82) is 0 Å². The summed E-state index contributed by atoms with van der Waals surface area (Å²) in [4.78, 5) is 12.4. The van der Waals surface area contributed by atoms with E-state index in [1.807, 2.05) is 13.8 Å². The standard InChI is InChI=1S/C16H25FN4O.ClH/c1-3-16(4-2,10-18)19-15(22)14-9-13(20-21-14)11-5-7-12(17)8-6-11;/h5-8,13-14,20-21H,3-4,9-10,18H2,1-2H3,(H,19,22);1H. The van der Waals surface area contributed by atoms with E-state index in [1.54, 1.807) is 12.1 Å². The molecule has 1 aromatic carbocycles. The van der Waals surface area contributed by atoms with E-state index >= 15 is 0 Å². The largest absolute Gasteiger partial charge is 0.348 e. The van der Waals surface area contributed by atoms with Crippen LogP contribution in [-0.4, -0.2) is 24.0 Å². The van der Waals surface area contributed by atoms with Crippen molar-refractivity contribution in [1.82, 2.24) is 16.2 Å². The molecule has 2 rings (SSSR count). The van der Waals surface area contributed by atoms with Crippen molar-refractivity contribution < 1.29 is 9.18 Å². The molecule has 5 N–H and O–H groups in total. The van der Waals surface area contributed by atoms with Crippen LogP contribution in [0.1, 0.15) is 44.7 Å². The van der Waals surface area contributed by atoms with E-state index < -0.39 is 0 Å². The number of hydrazine groups is 1. The smallest absolute Gasteiger partial charge is 0.239 e. The fourth-order valence-corrected chi connectivity index (χ4v) is 2.76. The van der Waals surface area contributed by atoms with Crippen LogP contribution in [0, 0.1) is 5.82 Å². The van der Waals surface area contributed by atoms with Crippen LogP contribution >= 0.6 is 12.4 Å². The van der Waals surface area contributed by atoms with Crippen LogP contribution < -0.4 is 21.9 Å². The number of hydrogen-bond donors (Lipinski definition) is 4. The Balaban J connectivity index is 0.00000264. The maximum atomic E-state index is 13.0. The van der Waals surface area contributed by atoms with Gasteiger partial charge in [0.25, 0.3) is 0 Å². The molecule has 2 atom stereocenters. The SMILES string of the molecule is CCC(CC)(CN)NC(=O)C1CC(c2ccc(F)cc2)NN1.Cl. The van der Waals surface area contributed by atoms with Gasteiger partial charge in [0.05, 0.1) is 5.54 Å². The monoisotopic (exact) mass is 344 g/mol. The first-order valence-electron chi connectivity index (χ1n) is 7.82. The van der Waals surface area contributed by atoms with Crippen molar-refractivity contribution in [3.63, 3.8) is 0 Å². The van der Waals surface area contributed by atoms with Crippen LogP contribution in [0.15, 0.2) is 24.3 Å². The summed E-state index contributed by atoms with van der Waals surface area (Å²) >= 11 is 0. The van der Waals surface area contributed by atoms with Crippen molar-refractivity contribution in [3.05, 3.63) is 35.6 Å². The molecular weight excluding hydrogens is 319 g/mol. The Morgan fingerprint density at radius 2 is 1.91 bits per heavy atom. The van der Waals surface area contributed by atoms with E-state index in [4.69, 9.17) is 5.73 Å². The number of halogens is 2. The minimum Gasteiger partial charge on any atom is -0.348 e. The number of hydrogen-bond acceptors (Lipinski definition) is 4. The summed E-state index contributed by atoms with van der Waals surface area (Å²) in [7, 11) is 0. The third-order valence-corrected chi connectivity index (χ3v) is 4.62. The van der Waals surface area contributed by atoms with Crippen molar-refractivity contribution in [3.8, 4) is 0 Å². The van der Waals surface area contributed by atoms with Crippen molar-refractivity contribution in [2.75, 3.05) is 6.54 Å². The topological polar surface area (TPSA) is 79.2 Å². The number of rotatable bonds is 6. The molecule has 1 heterocycles. The lowest BCUT2D eigenvalue weighted by atomic mass is 9.92. The molecule has 1 fully saturated rings. The Kier molecular flexibility index (Phi) is 7.41. The number of carbonyl (C=O) groups is 1. The average Bonchev–Trinajstić information content (AvgIpc) is 3.03. The average molecular weight is 345 g/mol. The number of amides is 1. The van der Waals surface area contributed by atoms with Gasteiger partial charge < -0.3 is 11.1 Å². The third kappa shape index (κ3) is 4.64. The van der Waals surface area contributed by atoms with Crippen LogP contribution in [0.2, 0.25) is 0 Å². The molecule has 0 aromatic heterocycles. The van der Waals surface area contributed by atoms with Crippen molar-refractivity contribution in [2.24, 2.45) is 5.73 Å². The zero-order valence-electron chi connectivity index (χ0n) is 13.6. The summed E-state index contributed by atoms with van der Waals surface area (Å²) < 4.78 is 13.0. The fourth-order valence-electron chi connectivity index (χ4n) is 2.76. The lowest BCUT2D eigenvalue weighted by Crippen LogP contribution is -2.57. The van der Waals surface area contributed by atoms with Gasteiger partial charge >= 0.3 is 0 Å². The summed E-state index contributed by atoms with van der Waals surface area (Å²) in [5.41, 5.74) is 12.6. The fraction of sp³-hybridized carbons (Fsp3) is 0.562. The molecule has 0 bridgehead atoms. The Labute approximate surface area is 143 Å². The third-order valence-electron chi connectivity index (χ3n) is 4.62. The van der Waals surface area contributed by atoms with Gasteiger partial charge in [-0.25, -0.2) is 15.2 Å². The molecule has 130 valence electrons. The van der Waals surface area contributed by atoms with E-state index in [0.29, 0.717) is 13.0 Å². The zero-order chi connectivity index (χ0) is 16.2. The molecule has 1 amide bonds. The van der Waals surface area contributed by atoms with Crippen LogP contribution in [0.4, 0.5) is 4.39 Å². The molecule has 1 saturated heterocycles. The second-order valence-electron chi connectivity index (χ2n) is 5.86. The van der Waals surface area contributed by atoms with Gasteiger partial charge in [-0.2, -0.15) is 0 Å². The van der Waals surface area contributed by atoms with Crippen LogP contribution in [0.5, 0.6) is 0 Å². The Morgan fingerprint density at radius 1 is 1.30 bits per heavy atom. The van der Waals surface area contributed by atoms with Crippen LogP contribution in [0.25, 0.3) is 0 Å². The first-order chi connectivity index (χ1) is 10.5. The zero-order valence-corrected chi connectivity index (χ0v) is 14.4. The minimum atomic E-state index is -0.341. The maximum Gasteiger partial charge on any atom is 0.239 e. The molecule has 1 aromatic rings. The van der Waals surface area contributed by atoms with E-state index in [2.05, 4.69) is 16.2 Å². The van der Waals surface area contributed by atoms with Gasteiger partial charge in [0.15, 0.2) is 0 Å². The van der Waals surface area contributed by atoms with Gasteiger partial charge in [0.2, 0.25) is 5.91 Å². The minimum absolute atomic E-state index is 0. The van der Waals surface area contributed by atoms with E-state index in [0.717, 1.165) is 18.4 Å². The first-order valence-corrected chi connectivity index (χ1v) is 7.82. The van der Waals surface area contributed by atoms with Gasteiger partial charge in [0.1, 0.15) is 11.9 Å². The van der Waals surface area contributed by atoms with Crippen molar-refractivity contribution in [2.45, 2.75) is 50.7 Å². The van der Waals surface area contributed by atoms with Crippen LogP contribution in [-0.2, 0) is 4.79 Å². The Hall–Kier alpha value is -1.21. The normalized spacial score (nSPS) is 20.9. The molecule has 0 saturated carbocycles. The highest BCUT2D eigenvalue weighted by Gasteiger charge is 2.34. The van der Waals surface area contributed by atoms with E-state index in [-0.39, 0.29) is 41.8 Å². The van der Waals surface area contributed by atoms with Gasteiger partial charge in [-0.05, 0) is 37.0 Å². The van der Waals surface area contributed by atoms with Gasteiger partial charge in [-0.1, -0.05) is 26.0 Å². The molecule has 0 spiro atoms. The molecule has 2 unspecified atom stereocenters. The highest BCUT2D eigenvalue weighted by atomic mass is 35.5. The summed E-state index contributed by atoms with van der Waals surface area (Å²) in [5, 5.41) is 3.08. The summed E-state index contributed by atoms with van der Waals surface area (Å²) in [6.45, 7) is 4.48. The first kappa shape index (κ1) is 19.8. The molecule has 1 aliphatic rings. The molecule has 7 heteroatoms. The second-order valence-corrected chi connectivity index (χ2v) is 5.86. The predicted molar refractivity (Wildman–Crippen MR) is 91.6 cm³/mol. The van der Waals surface area contributed by atoms with Crippen molar-refractivity contribution >= 4 is 18.3 Å². The maximum absolute atomic E-state index is 13.0. The van der Waals surface area contributed by atoms with Gasteiger partial charge in [-0.3, -0.25) is 4.79 Å². The predicted octanol–water partition coefficient (Wildman–Crippen LogP) is 1.79. The molecule has 0 aliphatic carbocycles. The number of benzene rings is 1. The molecule has 1 aliphatic heterocycles. The van der Waals surface area contributed by atoms with E-state index in [9.17, 15) is 9.18 Å². The Morgan fingerprint density at radius 3 is 2.43 bits per heavy atom. The van der Waals surface area contributed by atoms with Gasteiger partial charge in [0, 0.05) is 12.6 Å². The summed E-state index contributed by atoms with van der Waals surface area (Å²) in [5.74, 6) is -0.311. The summed E-state index contributed by atoms with van der Waals surface area (Å²) in [6, 6.07) is 6.00. The summed E-state index contributed by atoms with van der Waals surface area (Å²) in [6.07, 6.45) is 2.21. The Bertz CT molecular complexity index is 499. The number of carbonyl (C=O) groups excluding carboxylic acids is 1. The highest BCUT2D eigenvalue weighted by Crippen LogP contribution is 2.23. The molecule has 5 nitrogen and oxygen atoms in total. The lowest BCUT2D eigenvalue weighted by Gasteiger charge is -2.32. The number of nitrogens with two attached hydrogens (primary N) is 1. The van der Waals surface area contributed by atoms with Gasteiger partial charge in [-0.15, -0.1) is 12.4 Å².